The van der Waals surface area contributed by atoms with E-state index in [0.717, 1.165) is 0 Å². The molecule has 23 heavy (non-hydrogen) atoms. The second-order valence-corrected chi connectivity index (χ2v) is 5.43. The van der Waals surface area contributed by atoms with Gasteiger partial charge in [-0.15, -0.1) is 0 Å². The molecule has 1 aliphatic rings. The summed E-state index contributed by atoms with van der Waals surface area (Å²) in [6, 6.07) is 7.92. The van der Waals surface area contributed by atoms with Crippen LogP contribution in [0.2, 0.25) is 0 Å². The van der Waals surface area contributed by atoms with Crippen LogP contribution in [0, 0.1) is 6.92 Å². The van der Waals surface area contributed by atoms with Crippen LogP contribution >= 0.6 is 0 Å². The van der Waals surface area contributed by atoms with E-state index in [0.29, 0.717) is 19.0 Å². The molecule has 0 saturated carbocycles. The standard InChI is InChI=1S/C16H23N5O2/c1-11-6-4-5-7-13(11)12(2)20-15(17-3)18-8-9-21-14(22)10-19-16(21)23/h4-7,12H,8-10H2,1-3H3,(H,19,23)(H2,17,18,20). The van der Waals surface area contributed by atoms with Crippen molar-refractivity contribution in [3.63, 3.8) is 0 Å². The summed E-state index contributed by atoms with van der Waals surface area (Å²) >= 11 is 0. The van der Waals surface area contributed by atoms with Crippen molar-refractivity contribution in [3.05, 3.63) is 35.4 Å². The number of imide groups is 1. The molecule has 0 bridgehead atoms. The summed E-state index contributed by atoms with van der Waals surface area (Å²) in [5, 5.41) is 8.92. The van der Waals surface area contributed by atoms with Crippen LogP contribution in [-0.2, 0) is 4.79 Å². The number of nitrogens with one attached hydrogen (secondary N) is 3. The van der Waals surface area contributed by atoms with Crippen LogP contribution in [0.4, 0.5) is 4.79 Å². The number of benzene rings is 1. The molecule has 1 aliphatic heterocycles. The minimum atomic E-state index is -0.340. The fourth-order valence-corrected chi connectivity index (χ4v) is 2.52. The molecule has 1 aromatic carbocycles. The lowest BCUT2D eigenvalue weighted by Gasteiger charge is -2.20. The largest absolute Gasteiger partial charge is 0.355 e. The third kappa shape index (κ3) is 4.21. The number of nitrogens with zero attached hydrogens (tertiary/aromatic N) is 2. The topological polar surface area (TPSA) is 85.8 Å². The van der Waals surface area contributed by atoms with Crippen molar-refractivity contribution < 1.29 is 9.59 Å². The molecule has 1 heterocycles. The molecule has 3 N–H and O–H groups in total. The van der Waals surface area contributed by atoms with Gasteiger partial charge in [0.15, 0.2) is 5.96 Å². The molecule has 124 valence electrons. The molecule has 1 atom stereocenters. The van der Waals surface area contributed by atoms with Gasteiger partial charge in [-0.1, -0.05) is 24.3 Å². The zero-order valence-electron chi connectivity index (χ0n) is 13.7. The van der Waals surface area contributed by atoms with E-state index in [2.05, 4.69) is 46.9 Å². The smallest absolute Gasteiger partial charge is 0.324 e. The predicted octanol–water partition coefficient (Wildman–Crippen LogP) is 0.773. The Hall–Kier alpha value is -2.57. The zero-order valence-corrected chi connectivity index (χ0v) is 13.7. The predicted molar refractivity (Wildman–Crippen MR) is 89.2 cm³/mol. The number of carbonyl (C=O) groups is 2. The molecule has 0 spiro atoms. The first-order valence-electron chi connectivity index (χ1n) is 7.64. The van der Waals surface area contributed by atoms with Gasteiger partial charge in [-0.2, -0.15) is 0 Å². The number of urea groups is 1. The molecule has 0 radical (unpaired) electrons. The van der Waals surface area contributed by atoms with Crippen molar-refractivity contribution in [2.75, 3.05) is 26.7 Å². The van der Waals surface area contributed by atoms with Gasteiger partial charge in [0.25, 0.3) is 0 Å². The van der Waals surface area contributed by atoms with Gasteiger partial charge in [-0.05, 0) is 25.0 Å². The Morgan fingerprint density at radius 2 is 2.13 bits per heavy atom. The Morgan fingerprint density at radius 1 is 1.39 bits per heavy atom. The molecule has 1 aromatic rings. The lowest BCUT2D eigenvalue weighted by molar-refractivity contribution is -0.124. The quantitative estimate of drug-likeness (QED) is 0.425. The summed E-state index contributed by atoms with van der Waals surface area (Å²) < 4.78 is 0. The molecule has 2 rings (SSSR count). The SMILES string of the molecule is CN=C(NCCN1C(=O)CNC1=O)NC(C)c1ccccc1C. The fourth-order valence-electron chi connectivity index (χ4n) is 2.52. The normalized spacial score (nSPS) is 16.3. The molecular weight excluding hydrogens is 294 g/mol. The van der Waals surface area contributed by atoms with Gasteiger partial charge in [0, 0.05) is 20.1 Å². The van der Waals surface area contributed by atoms with Gasteiger partial charge in [0.2, 0.25) is 5.91 Å². The molecule has 7 heteroatoms. The highest BCUT2D eigenvalue weighted by atomic mass is 16.2. The zero-order chi connectivity index (χ0) is 16.8. The van der Waals surface area contributed by atoms with Crippen LogP contribution in [0.5, 0.6) is 0 Å². The number of aliphatic imine (C=N–C) groups is 1. The summed E-state index contributed by atoms with van der Waals surface area (Å²) in [5.74, 6) is 0.431. The number of guanidine groups is 1. The summed E-state index contributed by atoms with van der Waals surface area (Å²) in [6.07, 6.45) is 0. The van der Waals surface area contributed by atoms with E-state index in [1.165, 1.54) is 16.0 Å². The van der Waals surface area contributed by atoms with Crippen LogP contribution in [0.1, 0.15) is 24.1 Å². The third-order valence-electron chi connectivity index (χ3n) is 3.80. The highest BCUT2D eigenvalue weighted by molar-refractivity contribution is 6.01. The number of aryl methyl sites for hydroxylation is 1. The Bertz CT molecular complexity index is 598. The first kappa shape index (κ1) is 16.8. The highest BCUT2D eigenvalue weighted by Gasteiger charge is 2.27. The number of rotatable bonds is 5. The first-order valence-corrected chi connectivity index (χ1v) is 7.64. The maximum Gasteiger partial charge on any atom is 0.324 e. The summed E-state index contributed by atoms with van der Waals surface area (Å²) in [4.78, 5) is 28.3. The fraction of sp³-hybridized carbons (Fsp3) is 0.438. The van der Waals surface area contributed by atoms with Gasteiger partial charge in [0.1, 0.15) is 0 Å². The van der Waals surface area contributed by atoms with Crippen molar-refractivity contribution in [1.29, 1.82) is 0 Å². The van der Waals surface area contributed by atoms with E-state index < -0.39 is 0 Å². The third-order valence-corrected chi connectivity index (χ3v) is 3.80. The number of hydrogen-bond acceptors (Lipinski definition) is 3. The van der Waals surface area contributed by atoms with E-state index in [9.17, 15) is 9.59 Å². The van der Waals surface area contributed by atoms with E-state index in [-0.39, 0.29) is 24.5 Å². The summed E-state index contributed by atoms with van der Waals surface area (Å²) in [6.45, 7) is 4.97. The van der Waals surface area contributed by atoms with Crippen LogP contribution in [0.25, 0.3) is 0 Å². The summed E-state index contributed by atoms with van der Waals surface area (Å²) in [5.41, 5.74) is 2.41. The lowest BCUT2D eigenvalue weighted by Crippen LogP contribution is -2.43. The maximum absolute atomic E-state index is 11.5. The van der Waals surface area contributed by atoms with Crippen molar-refractivity contribution >= 4 is 17.9 Å². The first-order chi connectivity index (χ1) is 11.0. The second-order valence-electron chi connectivity index (χ2n) is 5.43. The highest BCUT2D eigenvalue weighted by Crippen LogP contribution is 2.16. The number of amides is 3. The van der Waals surface area contributed by atoms with Crippen molar-refractivity contribution in [2.24, 2.45) is 4.99 Å². The minimum Gasteiger partial charge on any atom is -0.355 e. The number of carbonyl (C=O) groups excluding carboxylic acids is 2. The average Bonchev–Trinajstić information content (AvgIpc) is 2.85. The van der Waals surface area contributed by atoms with Gasteiger partial charge in [0.05, 0.1) is 12.6 Å². The Kier molecular flexibility index (Phi) is 5.56. The van der Waals surface area contributed by atoms with Crippen molar-refractivity contribution in [2.45, 2.75) is 19.9 Å². The van der Waals surface area contributed by atoms with E-state index in [1.54, 1.807) is 7.05 Å². The lowest BCUT2D eigenvalue weighted by atomic mass is 10.0. The molecule has 7 nitrogen and oxygen atoms in total. The average molecular weight is 317 g/mol. The van der Waals surface area contributed by atoms with E-state index >= 15 is 0 Å². The molecule has 1 saturated heterocycles. The Balaban J connectivity index is 1.85. The minimum absolute atomic E-state index is 0.0795. The van der Waals surface area contributed by atoms with Crippen molar-refractivity contribution in [3.8, 4) is 0 Å². The van der Waals surface area contributed by atoms with Crippen LogP contribution < -0.4 is 16.0 Å². The molecule has 0 aromatic heterocycles. The van der Waals surface area contributed by atoms with Gasteiger partial charge >= 0.3 is 6.03 Å². The molecule has 1 fully saturated rings. The van der Waals surface area contributed by atoms with Crippen molar-refractivity contribution in [1.82, 2.24) is 20.9 Å². The van der Waals surface area contributed by atoms with Gasteiger partial charge < -0.3 is 16.0 Å². The van der Waals surface area contributed by atoms with Crippen LogP contribution in [-0.4, -0.2) is 49.5 Å². The maximum atomic E-state index is 11.5. The van der Waals surface area contributed by atoms with Gasteiger partial charge in [-0.25, -0.2) is 4.79 Å². The monoisotopic (exact) mass is 317 g/mol. The van der Waals surface area contributed by atoms with Crippen LogP contribution in [0.15, 0.2) is 29.3 Å². The molecule has 1 unspecified atom stereocenters. The number of hydrogen-bond donors (Lipinski definition) is 3. The molecule has 0 aliphatic carbocycles. The van der Waals surface area contributed by atoms with Crippen LogP contribution in [0.3, 0.4) is 0 Å². The second kappa shape index (κ2) is 7.62. The Labute approximate surface area is 136 Å². The summed E-state index contributed by atoms with van der Waals surface area (Å²) in [7, 11) is 1.69. The Morgan fingerprint density at radius 3 is 2.74 bits per heavy atom. The van der Waals surface area contributed by atoms with Gasteiger partial charge in [-0.3, -0.25) is 14.7 Å². The van der Waals surface area contributed by atoms with E-state index in [1.807, 2.05) is 12.1 Å². The molecular formula is C16H23N5O2. The van der Waals surface area contributed by atoms with E-state index in [4.69, 9.17) is 0 Å². The molecule has 3 amide bonds.